The first-order chi connectivity index (χ1) is 24.3. The third kappa shape index (κ3) is 5.55. The quantitative estimate of drug-likeness (QED) is 0.126. The largest absolute Gasteiger partial charge is 0.121 e. The molecule has 0 heterocycles. The minimum Gasteiger partial charge on any atom is -0.0631 e. The topological polar surface area (TPSA) is 0 Å². The van der Waals surface area contributed by atoms with Gasteiger partial charge in [0.1, 0.15) is 9.52 Å². The van der Waals surface area contributed by atoms with E-state index in [1.54, 1.807) is 0 Å². The smallest absolute Gasteiger partial charge is 0.0631 e. The molecule has 0 unspecified atom stereocenters. The Kier molecular flexibility index (Phi) is 7.46. The monoisotopic (exact) mass is 636 g/mol. The summed E-state index contributed by atoms with van der Waals surface area (Å²) in [6.45, 7) is 0. The summed E-state index contributed by atoms with van der Waals surface area (Å²) in [6.07, 6.45) is 0. The number of fused-ring (bicyclic) bond motifs is 3. The van der Waals surface area contributed by atoms with Crippen molar-refractivity contribution in [1.82, 2.24) is 0 Å². The number of benzene rings is 9. The average molecular weight is 637 g/mol. The standard InChI is InChI=1S/C48H32Si/c1-4-14-33(15-5-1)38-29-39(34-16-6-2-7-17-34)31-40(30-38)48-44-23-13-12-22-43(44)47(37-25-24-35-18-10-11-19-36(35)28-37)46-32-42(26-27-45(46)48)49-41-20-8-3-9-21-41/h1-32H. The van der Waals surface area contributed by atoms with E-state index in [4.69, 9.17) is 0 Å². The molecule has 0 atom stereocenters. The molecule has 9 aromatic rings. The van der Waals surface area contributed by atoms with E-state index in [0.29, 0.717) is 9.52 Å². The molecule has 9 rings (SSSR count). The molecule has 0 saturated heterocycles. The predicted octanol–water partition coefficient (Wildman–Crippen LogP) is 11.5. The first-order valence-electron chi connectivity index (χ1n) is 16.8. The van der Waals surface area contributed by atoms with Crippen molar-refractivity contribution in [2.24, 2.45) is 0 Å². The predicted molar refractivity (Wildman–Crippen MR) is 212 cm³/mol. The van der Waals surface area contributed by atoms with Gasteiger partial charge in [-0.3, -0.25) is 0 Å². The van der Waals surface area contributed by atoms with Gasteiger partial charge in [-0.05, 0) is 101 Å². The zero-order chi connectivity index (χ0) is 32.6. The molecule has 0 amide bonds. The van der Waals surface area contributed by atoms with Crippen LogP contribution in [0.5, 0.6) is 0 Å². The zero-order valence-corrected chi connectivity index (χ0v) is 28.0. The molecule has 0 nitrogen and oxygen atoms in total. The van der Waals surface area contributed by atoms with Crippen LogP contribution in [0.1, 0.15) is 0 Å². The minimum absolute atomic E-state index is 0.577. The number of hydrogen-bond donors (Lipinski definition) is 0. The lowest BCUT2D eigenvalue weighted by atomic mass is 9.84. The highest BCUT2D eigenvalue weighted by Gasteiger charge is 2.19. The van der Waals surface area contributed by atoms with Crippen LogP contribution in [-0.4, -0.2) is 9.52 Å². The van der Waals surface area contributed by atoms with Gasteiger partial charge in [0.05, 0.1) is 0 Å². The summed E-state index contributed by atoms with van der Waals surface area (Å²) in [5.41, 5.74) is 9.91. The van der Waals surface area contributed by atoms with Crippen LogP contribution in [0.4, 0.5) is 0 Å². The van der Waals surface area contributed by atoms with Gasteiger partial charge in [-0.25, -0.2) is 0 Å². The molecule has 0 saturated carbocycles. The second-order valence-electron chi connectivity index (χ2n) is 12.6. The molecular weight excluding hydrogens is 605 g/mol. The van der Waals surface area contributed by atoms with E-state index in [9.17, 15) is 0 Å². The second kappa shape index (κ2) is 12.5. The summed E-state index contributed by atoms with van der Waals surface area (Å²) in [5.74, 6) is 0. The van der Waals surface area contributed by atoms with Crippen LogP contribution in [-0.2, 0) is 0 Å². The SMILES string of the molecule is c1ccc([Si]c2ccc3c(-c4cc(-c5ccccc5)cc(-c5ccccc5)c4)c4ccccc4c(-c4ccc5ccccc5c4)c3c2)cc1. The lowest BCUT2D eigenvalue weighted by Crippen LogP contribution is -2.26. The Morgan fingerprint density at radius 2 is 0.755 bits per heavy atom. The van der Waals surface area contributed by atoms with Crippen LogP contribution < -0.4 is 10.4 Å². The van der Waals surface area contributed by atoms with E-state index in [-0.39, 0.29) is 0 Å². The van der Waals surface area contributed by atoms with E-state index in [1.807, 2.05) is 0 Å². The van der Waals surface area contributed by atoms with Crippen LogP contribution in [0.25, 0.3) is 76.8 Å². The van der Waals surface area contributed by atoms with Crippen LogP contribution in [0.3, 0.4) is 0 Å². The zero-order valence-electron chi connectivity index (χ0n) is 27.0. The third-order valence-electron chi connectivity index (χ3n) is 9.56. The molecule has 1 heteroatoms. The highest BCUT2D eigenvalue weighted by atomic mass is 28.2. The molecule has 0 fully saturated rings. The van der Waals surface area contributed by atoms with Crippen molar-refractivity contribution in [3.63, 3.8) is 0 Å². The Morgan fingerprint density at radius 1 is 0.245 bits per heavy atom. The van der Waals surface area contributed by atoms with Gasteiger partial charge in [0.15, 0.2) is 0 Å². The van der Waals surface area contributed by atoms with Gasteiger partial charge in [-0.2, -0.15) is 0 Å². The van der Waals surface area contributed by atoms with Crippen LogP contribution in [0.2, 0.25) is 0 Å². The highest BCUT2D eigenvalue weighted by Crippen LogP contribution is 2.45. The highest BCUT2D eigenvalue weighted by molar-refractivity contribution is 6.67. The van der Waals surface area contributed by atoms with Gasteiger partial charge in [-0.15, -0.1) is 0 Å². The Morgan fingerprint density at radius 3 is 1.41 bits per heavy atom. The summed E-state index contributed by atoms with van der Waals surface area (Å²) in [4.78, 5) is 0. The maximum absolute atomic E-state index is 2.46. The first kappa shape index (κ1) is 29.1. The molecule has 0 N–H and O–H groups in total. The summed E-state index contributed by atoms with van der Waals surface area (Å²) in [5, 5.41) is 10.3. The van der Waals surface area contributed by atoms with Gasteiger partial charge in [0, 0.05) is 0 Å². The van der Waals surface area contributed by atoms with Gasteiger partial charge >= 0.3 is 0 Å². The summed E-state index contributed by atoms with van der Waals surface area (Å²) in [6, 6.07) is 71.3. The Labute approximate surface area is 289 Å². The van der Waals surface area contributed by atoms with E-state index in [0.717, 1.165) is 0 Å². The normalized spacial score (nSPS) is 11.3. The van der Waals surface area contributed by atoms with Crippen LogP contribution >= 0.6 is 0 Å². The fraction of sp³-hybridized carbons (Fsp3) is 0. The lowest BCUT2D eigenvalue weighted by Gasteiger charge is -2.20. The second-order valence-corrected chi connectivity index (χ2v) is 14.0. The molecule has 0 bridgehead atoms. The molecule has 0 spiro atoms. The molecule has 2 radical (unpaired) electrons. The molecule has 228 valence electrons. The van der Waals surface area contributed by atoms with Crippen molar-refractivity contribution in [1.29, 1.82) is 0 Å². The van der Waals surface area contributed by atoms with Gasteiger partial charge < -0.3 is 0 Å². The summed E-state index contributed by atoms with van der Waals surface area (Å²) < 4.78 is 0. The Hall–Kier alpha value is -6.02. The van der Waals surface area contributed by atoms with Crippen molar-refractivity contribution in [3.05, 3.63) is 194 Å². The third-order valence-corrected chi connectivity index (χ3v) is 10.8. The van der Waals surface area contributed by atoms with Crippen molar-refractivity contribution >= 4 is 52.2 Å². The van der Waals surface area contributed by atoms with Gasteiger partial charge in [0.2, 0.25) is 0 Å². The molecular formula is C48H32Si. The van der Waals surface area contributed by atoms with Gasteiger partial charge in [-0.1, -0.05) is 180 Å². The first-order valence-corrected chi connectivity index (χ1v) is 17.8. The van der Waals surface area contributed by atoms with E-state index >= 15 is 0 Å². The van der Waals surface area contributed by atoms with Crippen molar-refractivity contribution in [2.45, 2.75) is 0 Å². The van der Waals surface area contributed by atoms with Crippen molar-refractivity contribution in [2.75, 3.05) is 0 Å². The molecule has 9 aromatic carbocycles. The molecule has 49 heavy (non-hydrogen) atoms. The molecule has 0 aromatic heterocycles. The Balaban J connectivity index is 1.37. The van der Waals surface area contributed by atoms with Crippen molar-refractivity contribution < 1.29 is 0 Å². The summed E-state index contributed by atoms with van der Waals surface area (Å²) >= 11 is 0. The molecule has 0 aliphatic heterocycles. The fourth-order valence-electron chi connectivity index (χ4n) is 7.28. The molecule has 0 aliphatic rings. The van der Waals surface area contributed by atoms with E-state index in [1.165, 1.54) is 87.2 Å². The minimum atomic E-state index is 0.577. The maximum Gasteiger partial charge on any atom is 0.121 e. The fourth-order valence-corrected chi connectivity index (χ4v) is 8.35. The van der Waals surface area contributed by atoms with Gasteiger partial charge in [0.25, 0.3) is 0 Å². The Bertz CT molecular complexity index is 2550. The van der Waals surface area contributed by atoms with E-state index < -0.39 is 0 Å². The maximum atomic E-state index is 2.46. The number of rotatable bonds is 6. The average Bonchev–Trinajstić information content (AvgIpc) is 3.17. The number of hydrogen-bond acceptors (Lipinski definition) is 0. The molecule has 0 aliphatic carbocycles. The van der Waals surface area contributed by atoms with Crippen molar-refractivity contribution in [3.8, 4) is 44.5 Å². The lowest BCUT2D eigenvalue weighted by molar-refractivity contribution is 1.58. The van der Waals surface area contributed by atoms with E-state index in [2.05, 4.69) is 194 Å². The van der Waals surface area contributed by atoms with Crippen LogP contribution in [0, 0.1) is 0 Å². The summed E-state index contributed by atoms with van der Waals surface area (Å²) in [7, 11) is 0.577. The van der Waals surface area contributed by atoms with Crippen LogP contribution in [0.15, 0.2) is 194 Å².